The molecule has 1 rings (SSSR count). The zero-order valence-corrected chi connectivity index (χ0v) is 10.6. The Morgan fingerprint density at radius 1 is 1.35 bits per heavy atom. The fourth-order valence-electron chi connectivity index (χ4n) is 2.18. The highest BCUT2D eigenvalue weighted by atomic mass is 16.3. The lowest BCUT2D eigenvalue weighted by molar-refractivity contribution is -0.127. The fourth-order valence-corrected chi connectivity index (χ4v) is 2.18. The molecule has 17 heavy (non-hydrogen) atoms. The molecule has 0 bridgehead atoms. The predicted molar refractivity (Wildman–Crippen MR) is 64.3 cm³/mol. The first-order valence-corrected chi connectivity index (χ1v) is 6.14. The van der Waals surface area contributed by atoms with Crippen LogP contribution in [0, 0.1) is 5.92 Å². The van der Waals surface area contributed by atoms with E-state index in [0.717, 1.165) is 25.7 Å². The van der Waals surface area contributed by atoms with E-state index in [1.807, 2.05) is 0 Å². The molecular weight excluding hydrogens is 220 g/mol. The molecule has 0 aromatic carbocycles. The van der Waals surface area contributed by atoms with Crippen molar-refractivity contribution in [3.05, 3.63) is 0 Å². The largest absolute Gasteiger partial charge is 0.394 e. The maximum Gasteiger partial charge on any atom is 0.239 e. The molecule has 0 spiro atoms. The van der Waals surface area contributed by atoms with Crippen LogP contribution in [-0.2, 0) is 9.59 Å². The Bertz CT molecular complexity index is 283. The van der Waals surface area contributed by atoms with Crippen molar-refractivity contribution in [2.75, 3.05) is 13.2 Å². The minimum absolute atomic E-state index is 0.0212. The summed E-state index contributed by atoms with van der Waals surface area (Å²) in [5.41, 5.74) is -0.484. The number of nitrogens with one attached hydrogen (secondary N) is 2. The molecular formula is C12H22N2O3. The van der Waals surface area contributed by atoms with Gasteiger partial charge >= 0.3 is 0 Å². The molecule has 0 atom stereocenters. The van der Waals surface area contributed by atoms with Crippen molar-refractivity contribution in [3.8, 4) is 0 Å². The van der Waals surface area contributed by atoms with Gasteiger partial charge in [-0.2, -0.15) is 0 Å². The molecule has 0 unspecified atom stereocenters. The number of rotatable bonds is 4. The summed E-state index contributed by atoms with van der Waals surface area (Å²) >= 11 is 0. The van der Waals surface area contributed by atoms with E-state index < -0.39 is 5.54 Å². The second kappa shape index (κ2) is 6.00. The molecule has 0 aliphatic heterocycles. The average molecular weight is 242 g/mol. The highest BCUT2D eigenvalue weighted by molar-refractivity contribution is 5.84. The van der Waals surface area contributed by atoms with Crippen LogP contribution in [0.3, 0.4) is 0 Å². The first-order valence-electron chi connectivity index (χ1n) is 6.14. The molecule has 0 aromatic rings. The number of aliphatic hydroxyl groups is 1. The van der Waals surface area contributed by atoms with Gasteiger partial charge in [0.25, 0.3) is 0 Å². The van der Waals surface area contributed by atoms with Crippen LogP contribution in [-0.4, -0.2) is 35.6 Å². The van der Waals surface area contributed by atoms with Gasteiger partial charge < -0.3 is 15.7 Å². The molecule has 5 heteroatoms. The van der Waals surface area contributed by atoms with Crippen molar-refractivity contribution in [3.63, 3.8) is 0 Å². The van der Waals surface area contributed by atoms with E-state index in [2.05, 4.69) is 17.6 Å². The number of hydrogen-bond acceptors (Lipinski definition) is 3. The van der Waals surface area contributed by atoms with Gasteiger partial charge in [0, 0.05) is 6.92 Å². The Balaban J connectivity index is 2.45. The molecule has 0 heterocycles. The normalized spacial score (nSPS) is 28.5. The SMILES string of the molecule is CC(=O)NCC(=O)NC1(CO)CCC(C)CC1. The molecule has 0 radical (unpaired) electrons. The lowest BCUT2D eigenvalue weighted by Gasteiger charge is -2.38. The summed E-state index contributed by atoms with van der Waals surface area (Å²) in [5, 5.41) is 14.8. The smallest absolute Gasteiger partial charge is 0.239 e. The maximum absolute atomic E-state index is 11.6. The van der Waals surface area contributed by atoms with Gasteiger partial charge in [-0.3, -0.25) is 9.59 Å². The summed E-state index contributed by atoms with van der Waals surface area (Å²) in [6.07, 6.45) is 3.63. The van der Waals surface area contributed by atoms with Crippen LogP contribution in [0.15, 0.2) is 0 Å². The van der Waals surface area contributed by atoms with Crippen LogP contribution < -0.4 is 10.6 Å². The summed E-state index contributed by atoms with van der Waals surface area (Å²) in [5.74, 6) is 0.196. The molecule has 5 nitrogen and oxygen atoms in total. The third-order valence-corrected chi connectivity index (χ3v) is 3.44. The molecule has 98 valence electrons. The molecule has 0 aromatic heterocycles. The van der Waals surface area contributed by atoms with Crippen molar-refractivity contribution < 1.29 is 14.7 Å². The number of aliphatic hydroxyl groups excluding tert-OH is 1. The number of carbonyl (C=O) groups is 2. The van der Waals surface area contributed by atoms with Crippen molar-refractivity contribution in [2.24, 2.45) is 5.92 Å². The summed E-state index contributed by atoms with van der Waals surface area (Å²) < 4.78 is 0. The quantitative estimate of drug-likeness (QED) is 0.658. The standard InChI is InChI=1S/C12H22N2O3/c1-9-3-5-12(8-15,6-4-9)14-11(17)7-13-10(2)16/h9,15H,3-8H2,1-2H3,(H,13,16)(H,14,17). The molecule has 1 saturated carbocycles. The lowest BCUT2D eigenvalue weighted by atomic mass is 9.77. The van der Waals surface area contributed by atoms with Crippen LogP contribution in [0.25, 0.3) is 0 Å². The van der Waals surface area contributed by atoms with E-state index >= 15 is 0 Å². The van der Waals surface area contributed by atoms with E-state index in [1.165, 1.54) is 6.92 Å². The fraction of sp³-hybridized carbons (Fsp3) is 0.833. The minimum atomic E-state index is -0.484. The van der Waals surface area contributed by atoms with Crippen molar-refractivity contribution in [2.45, 2.75) is 45.1 Å². The van der Waals surface area contributed by atoms with Gasteiger partial charge in [0.1, 0.15) is 0 Å². The molecule has 0 saturated heterocycles. The van der Waals surface area contributed by atoms with Crippen LogP contribution in [0.4, 0.5) is 0 Å². The summed E-state index contributed by atoms with van der Waals surface area (Å²) in [6, 6.07) is 0. The number of hydrogen-bond donors (Lipinski definition) is 3. The molecule has 3 N–H and O–H groups in total. The van der Waals surface area contributed by atoms with E-state index in [1.54, 1.807) is 0 Å². The van der Waals surface area contributed by atoms with Crippen molar-refractivity contribution >= 4 is 11.8 Å². The van der Waals surface area contributed by atoms with Crippen LogP contribution in [0.5, 0.6) is 0 Å². The monoisotopic (exact) mass is 242 g/mol. The number of carbonyl (C=O) groups excluding carboxylic acids is 2. The zero-order valence-electron chi connectivity index (χ0n) is 10.6. The van der Waals surface area contributed by atoms with Gasteiger partial charge in [0.05, 0.1) is 18.7 Å². The minimum Gasteiger partial charge on any atom is -0.394 e. The van der Waals surface area contributed by atoms with Gasteiger partial charge in [0.15, 0.2) is 0 Å². The van der Waals surface area contributed by atoms with Crippen molar-refractivity contribution in [1.82, 2.24) is 10.6 Å². The van der Waals surface area contributed by atoms with Crippen LogP contribution >= 0.6 is 0 Å². The Morgan fingerprint density at radius 3 is 2.41 bits per heavy atom. The second-order valence-corrected chi connectivity index (χ2v) is 5.08. The third-order valence-electron chi connectivity index (χ3n) is 3.44. The average Bonchev–Trinajstić information content (AvgIpc) is 2.30. The summed E-state index contributed by atoms with van der Waals surface area (Å²) in [4.78, 5) is 22.3. The highest BCUT2D eigenvalue weighted by Gasteiger charge is 2.34. The van der Waals surface area contributed by atoms with Crippen molar-refractivity contribution in [1.29, 1.82) is 0 Å². The van der Waals surface area contributed by atoms with Gasteiger partial charge in [0.2, 0.25) is 11.8 Å². The zero-order chi connectivity index (χ0) is 12.9. The maximum atomic E-state index is 11.6. The first-order chi connectivity index (χ1) is 7.97. The molecule has 1 fully saturated rings. The van der Waals surface area contributed by atoms with Gasteiger partial charge in [-0.1, -0.05) is 6.92 Å². The van der Waals surface area contributed by atoms with Crippen LogP contribution in [0.1, 0.15) is 39.5 Å². The first kappa shape index (κ1) is 14.0. The van der Waals surface area contributed by atoms with E-state index in [-0.39, 0.29) is 25.0 Å². The van der Waals surface area contributed by atoms with E-state index in [0.29, 0.717) is 5.92 Å². The topological polar surface area (TPSA) is 78.4 Å². The van der Waals surface area contributed by atoms with Gasteiger partial charge in [-0.25, -0.2) is 0 Å². The third kappa shape index (κ3) is 4.34. The Kier molecular flexibility index (Phi) is 4.93. The Morgan fingerprint density at radius 2 is 1.94 bits per heavy atom. The molecule has 1 aliphatic carbocycles. The second-order valence-electron chi connectivity index (χ2n) is 5.08. The number of amides is 2. The lowest BCUT2D eigenvalue weighted by Crippen LogP contribution is -2.55. The molecule has 1 aliphatic rings. The van der Waals surface area contributed by atoms with Gasteiger partial charge in [-0.15, -0.1) is 0 Å². The van der Waals surface area contributed by atoms with E-state index in [9.17, 15) is 14.7 Å². The van der Waals surface area contributed by atoms with E-state index in [4.69, 9.17) is 0 Å². The predicted octanol–water partition coefficient (Wildman–Crippen LogP) is 0.180. The van der Waals surface area contributed by atoms with Gasteiger partial charge in [-0.05, 0) is 31.6 Å². The Labute approximate surface area is 102 Å². The molecule has 2 amide bonds. The summed E-state index contributed by atoms with van der Waals surface area (Å²) in [7, 11) is 0. The van der Waals surface area contributed by atoms with Crippen LogP contribution in [0.2, 0.25) is 0 Å². The Hall–Kier alpha value is -1.10. The summed E-state index contributed by atoms with van der Waals surface area (Å²) in [6.45, 7) is 3.50. The highest BCUT2D eigenvalue weighted by Crippen LogP contribution is 2.31.